The first kappa shape index (κ1) is 14.4. The second kappa shape index (κ2) is 7.54. The summed E-state index contributed by atoms with van der Waals surface area (Å²) in [6, 6.07) is 9.18. The van der Waals surface area contributed by atoms with Crippen molar-refractivity contribution in [2.45, 2.75) is 51.5 Å². The molecule has 2 rings (SSSR count). The predicted octanol–water partition coefficient (Wildman–Crippen LogP) is 3.80. The highest BCUT2D eigenvalue weighted by atomic mass is 16.5. The van der Waals surface area contributed by atoms with E-state index in [2.05, 4.69) is 36.5 Å². The van der Waals surface area contributed by atoms with Crippen LogP contribution in [0.4, 0.5) is 0 Å². The Morgan fingerprint density at radius 3 is 2.79 bits per heavy atom. The van der Waals surface area contributed by atoms with Crippen molar-refractivity contribution in [2.24, 2.45) is 5.92 Å². The maximum atomic E-state index is 5.48. The lowest BCUT2D eigenvalue weighted by Gasteiger charge is -2.21. The average Bonchev–Trinajstić information content (AvgIpc) is 2.65. The van der Waals surface area contributed by atoms with Crippen molar-refractivity contribution in [3.05, 3.63) is 29.8 Å². The summed E-state index contributed by atoms with van der Waals surface area (Å²) in [6.07, 6.45) is 7.93. The minimum Gasteiger partial charge on any atom is -0.496 e. The third-order valence-corrected chi connectivity index (χ3v) is 4.23. The number of nitrogens with one attached hydrogen (secondary N) is 1. The third-order valence-electron chi connectivity index (χ3n) is 4.23. The van der Waals surface area contributed by atoms with Gasteiger partial charge in [-0.1, -0.05) is 44.4 Å². The lowest BCUT2D eigenvalue weighted by atomic mass is 9.90. The molecule has 0 aromatic heterocycles. The normalized spacial score (nSPS) is 23.9. The molecule has 2 atom stereocenters. The lowest BCUT2D eigenvalue weighted by Crippen LogP contribution is -2.30. The molecule has 0 amide bonds. The fourth-order valence-electron chi connectivity index (χ4n) is 3.30. The van der Waals surface area contributed by atoms with E-state index < -0.39 is 0 Å². The second-order valence-electron chi connectivity index (χ2n) is 5.66. The highest BCUT2D eigenvalue weighted by molar-refractivity contribution is 5.33. The smallest absolute Gasteiger partial charge is 0.122 e. The maximum absolute atomic E-state index is 5.48. The molecule has 1 aliphatic carbocycles. The van der Waals surface area contributed by atoms with Crippen LogP contribution >= 0.6 is 0 Å². The van der Waals surface area contributed by atoms with Gasteiger partial charge in [0.1, 0.15) is 5.75 Å². The summed E-state index contributed by atoms with van der Waals surface area (Å²) in [5.41, 5.74) is 1.37. The molecule has 2 nitrogen and oxygen atoms in total. The van der Waals surface area contributed by atoms with E-state index in [0.29, 0.717) is 6.04 Å². The number of benzene rings is 1. The van der Waals surface area contributed by atoms with Crippen molar-refractivity contribution in [1.82, 2.24) is 5.32 Å². The van der Waals surface area contributed by atoms with E-state index in [1.165, 1.54) is 37.7 Å². The minimum atomic E-state index is 0.715. The summed E-state index contributed by atoms with van der Waals surface area (Å²) in [7, 11) is 1.77. The standard InChI is InChI=1S/C17H27NO/c1-3-18-16-10-6-4-8-14(13-16)12-15-9-5-7-11-17(15)19-2/h5,7,9,11,14,16,18H,3-4,6,8,10,12-13H2,1-2H3. The Bertz CT molecular complexity index is 377. The van der Waals surface area contributed by atoms with Crippen LogP contribution in [0.25, 0.3) is 0 Å². The van der Waals surface area contributed by atoms with Crippen molar-refractivity contribution < 1.29 is 4.74 Å². The van der Waals surface area contributed by atoms with E-state index in [0.717, 1.165) is 24.6 Å². The van der Waals surface area contributed by atoms with Gasteiger partial charge in [0.15, 0.2) is 0 Å². The summed E-state index contributed by atoms with van der Waals surface area (Å²) in [6.45, 7) is 3.30. The van der Waals surface area contributed by atoms with Gasteiger partial charge in [-0.3, -0.25) is 0 Å². The number of hydrogen-bond acceptors (Lipinski definition) is 2. The van der Waals surface area contributed by atoms with Gasteiger partial charge in [0.05, 0.1) is 7.11 Å². The van der Waals surface area contributed by atoms with Crippen LogP contribution in [0.3, 0.4) is 0 Å². The molecule has 1 saturated carbocycles. The lowest BCUT2D eigenvalue weighted by molar-refractivity contribution is 0.375. The molecule has 1 aliphatic rings. The summed E-state index contributed by atoms with van der Waals surface area (Å²) in [5, 5.41) is 3.64. The highest BCUT2D eigenvalue weighted by Gasteiger charge is 2.20. The van der Waals surface area contributed by atoms with Crippen LogP contribution in [0, 0.1) is 5.92 Å². The molecule has 19 heavy (non-hydrogen) atoms. The Morgan fingerprint density at radius 1 is 1.21 bits per heavy atom. The summed E-state index contributed by atoms with van der Waals surface area (Å²) < 4.78 is 5.48. The van der Waals surface area contributed by atoms with Gasteiger partial charge in [0, 0.05) is 6.04 Å². The first-order chi connectivity index (χ1) is 9.33. The van der Waals surface area contributed by atoms with Gasteiger partial charge in [-0.2, -0.15) is 0 Å². The molecule has 0 radical (unpaired) electrons. The van der Waals surface area contributed by atoms with Gasteiger partial charge in [0.2, 0.25) is 0 Å². The summed E-state index contributed by atoms with van der Waals surface area (Å²) >= 11 is 0. The van der Waals surface area contributed by atoms with Crippen LogP contribution < -0.4 is 10.1 Å². The minimum absolute atomic E-state index is 0.715. The number of methoxy groups -OCH3 is 1. The molecule has 106 valence electrons. The molecule has 1 N–H and O–H groups in total. The van der Waals surface area contributed by atoms with Crippen molar-refractivity contribution in [1.29, 1.82) is 0 Å². The Hall–Kier alpha value is -1.02. The van der Waals surface area contributed by atoms with Gasteiger partial charge in [0.25, 0.3) is 0 Å². The van der Waals surface area contributed by atoms with Crippen LogP contribution in [0.2, 0.25) is 0 Å². The van der Waals surface area contributed by atoms with E-state index in [9.17, 15) is 0 Å². The molecule has 0 bridgehead atoms. The van der Waals surface area contributed by atoms with Crippen LogP contribution in [0.15, 0.2) is 24.3 Å². The molecule has 0 heterocycles. The topological polar surface area (TPSA) is 21.3 Å². The first-order valence-corrected chi connectivity index (χ1v) is 7.68. The van der Waals surface area contributed by atoms with E-state index >= 15 is 0 Å². The Kier molecular flexibility index (Phi) is 5.71. The van der Waals surface area contributed by atoms with Crippen molar-refractivity contribution in [2.75, 3.05) is 13.7 Å². The van der Waals surface area contributed by atoms with Crippen LogP contribution in [-0.2, 0) is 6.42 Å². The number of ether oxygens (including phenoxy) is 1. The zero-order chi connectivity index (χ0) is 13.5. The number of para-hydroxylation sites is 1. The van der Waals surface area contributed by atoms with Crippen LogP contribution in [0.5, 0.6) is 5.75 Å². The van der Waals surface area contributed by atoms with Gasteiger partial charge < -0.3 is 10.1 Å². The number of hydrogen-bond donors (Lipinski definition) is 1. The van der Waals surface area contributed by atoms with E-state index in [1.54, 1.807) is 7.11 Å². The second-order valence-corrected chi connectivity index (χ2v) is 5.66. The first-order valence-electron chi connectivity index (χ1n) is 7.68. The fourth-order valence-corrected chi connectivity index (χ4v) is 3.30. The monoisotopic (exact) mass is 261 g/mol. The van der Waals surface area contributed by atoms with Gasteiger partial charge in [-0.15, -0.1) is 0 Å². The van der Waals surface area contributed by atoms with E-state index in [4.69, 9.17) is 4.74 Å². The van der Waals surface area contributed by atoms with Crippen LogP contribution in [-0.4, -0.2) is 19.7 Å². The SMILES string of the molecule is CCNC1CCCCC(Cc2ccccc2OC)C1. The summed E-state index contributed by atoms with van der Waals surface area (Å²) in [5.74, 6) is 1.84. The molecular formula is C17H27NO. The molecule has 2 unspecified atom stereocenters. The molecule has 0 aliphatic heterocycles. The third kappa shape index (κ3) is 4.24. The molecule has 2 heteroatoms. The summed E-state index contributed by atoms with van der Waals surface area (Å²) in [4.78, 5) is 0. The molecule has 1 aromatic carbocycles. The molecule has 0 saturated heterocycles. The Labute approximate surface area is 117 Å². The van der Waals surface area contributed by atoms with Crippen molar-refractivity contribution in [3.63, 3.8) is 0 Å². The quantitative estimate of drug-likeness (QED) is 0.814. The number of rotatable bonds is 5. The zero-order valence-corrected chi connectivity index (χ0v) is 12.3. The highest BCUT2D eigenvalue weighted by Crippen LogP contribution is 2.29. The predicted molar refractivity (Wildman–Crippen MR) is 80.7 cm³/mol. The molecule has 1 aromatic rings. The van der Waals surface area contributed by atoms with Gasteiger partial charge in [-0.05, 0) is 43.4 Å². The van der Waals surface area contributed by atoms with Crippen molar-refractivity contribution >= 4 is 0 Å². The Morgan fingerprint density at radius 2 is 2.00 bits per heavy atom. The zero-order valence-electron chi connectivity index (χ0n) is 12.3. The van der Waals surface area contributed by atoms with E-state index in [-0.39, 0.29) is 0 Å². The van der Waals surface area contributed by atoms with Crippen LogP contribution in [0.1, 0.15) is 44.6 Å². The average molecular weight is 261 g/mol. The Balaban J connectivity index is 2.00. The van der Waals surface area contributed by atoms with Gasteiger partial charge in [-0.25, -0.2) is 0 Å². The molecule has 0 spiro atoms. The van der Waals surface area contributed by atoms with E-state index in [1.807, 2.05) is 0 Å². The molecule has 1 fully saturated rings. The van der Waals surface area contributed by atoms with Gasteiger partial charge >= 0.3 is 0 Å². The maximum Gasteiger partial charge on any atom is 0.122 e. The van der Waals surface area contributed by atoms with Crippen molar-refractivity contribution in [3.8, 4) is 5.75 Å². The fraction of sp³-hybridized carbons (Fsp3) is 0.647. The largest absolute Gasteiger partial charge is 0.496 e. The molecular weight excluding hydrogens is 234 g/mol.